The maximum Gasteiger partial charge on any atom is 0.235 e. The first kappa shape index (κ1) is 24.5. The van der Waals surface area contributed by atoms with Crippen LogP contribution in [0, 0.1) is 17.6 Å². The standard InChI is InChI=1S/C23H26F2N4O3S/c1-14(2)12-29-22(15(3)32-17-8-5-7-16(11-17)31-4)27-28-23(29)33-13-20(30)26-21-18(24)9-6-10-19(21)25/h5-11,14-15H,12-13H2,1-4H3,(H,26,30). The molecule has 1 heterocycles. The van der Waals surface area contributed by atoms with E-state index in [2.05, 4.69) is 29.4 Å². The largest absolute Gasteiger partial charge is 0.497 e. The number of methoxy groups -OCH3 is 1. The molecule has 0 spiro atoms. The van der Waals surface area contributed by atoms with Crippen molar-refractivity contribution in [1.82, 2.24) is 14.8 Å². The smallest absolute Gasteiger partial charge is 0.235 e. The lowest BCUT2D eigenvalue weighted by atomic mass is 10.2. The third-order valence-corrected chi connectivity index (χ3v) is 5.54. The Morgan fingerprint density at radius 2 is 1.76 bits per heavy atom. The number of amides is 1. The first-order valence-corrected chi connectivity index (χ1v) is 11.4. The minimum Gasteiger partial charge on any atom is -0.497 e. The third-order valence-electron chi connectivity index (χ3n) is 4.57. The zero-order chi connectivity index (χ0) is 24.0. The highest BCUT2D eigenvalue weighted by atomic mass is 32.2. The van der Waals surface area contributed by atoms with Crippen LogP contribution in [-0.2, 0) is 11.3 Å². The normalized spacial score (nSPS) is 12.0. The molecule has 0 fully saturated rings. The number of benzene rings is 2. The molecule has 0 aliphatic heterocycles. The van der Waals surface area contributed by atoms with E-state index < -0.39 is 29.3 Å². The number of carbonyl (C=O) groups is 1. The van der Waals surface area contributed by atoms with Gasteiger partial charge in [0.15, 0.2) is 17.1 Å². The molecule has 33 heavy (non-hydrogen) atoms. The van der Waals surface area contributed by atoms with Gasteiger partial charge in [-0.15, -0.1) is 10.2 Å². The number of rotatable bonds is 10. The van der Waals surface area contributed by atoms with Gasteiger partial charge < -0.3 is 19.4 Å². The highest BCUT2D eigenvalue weighted by Gasteiger charge is 2.21. The van der Waals surface area contributed by atoms with E-state index >= 15 is 0 Å². The van der Waals surface area contributed by atoms with Gasteiger partial charge in [-0.2, -0.15) is 0 Å². The molecule has 1 amide bonds. The molecule has 176 valence electrons. The van der Waals surface area contributed by atoms with Crippen LogP contribution in [0.1, 0.15) is 32.7 Å². The molecule has 0 aliphatic rings. The Labute approximate surface area is 195 Å². The minimum absolute atomic E-state index is 0.0882. The number of hydrogen-bond acceptors (Lipinski definition) is 6. The van der Waals surface area contributed by atoms with Crippen molar-refractivity contribution in [1.29, 1.82) is 0 Å². The molecular weight excluding hydrogens is 450 g/mol. The van der Waals surface area contributed by atoms with Crippen molar-refractivity contribution >= 4 is 23.4 Å². The van der Waals surface area contributed by atoms with Crippen LogP contribution < -0.4 is 14.8 Å². The van der Waals surface area contributed by atoms with Crippen LogP contribution in [0.15, 0.2) is 47.6 Å². The van der Waals surface area contributed by atoms with Gasteiger partial charge in [0.2, 0.25) is 5.91 Å². The fraction of sp³-hybridized carbons (Fsp3) is 0.348. The fourth-order valence-corrected chi connectivity index (χ4v) is 3.85. The molecule has 1 N–H and O–H groups in total. The quantitative estimate of drug-likeness (QED) is 0.411. The van der Waals surface area contributed by atoms with Crippen molar-refractivity contribution in [2.75, 3.05) is 18.2 Å². The number of nitrogens with one attached hydrogen (secondary N) is 1. The Morgan fingerprint density at radius 1 is 1.09 bits per heavy atom. The van der Waals surface area contributed by atoms with Crippen LogP contribution in [0.4, 0.5) is 14.5 Å². The van der Waals surface area contributed by atoms with E-state index in [-0.39, 0.29) is 11.7 Å². The Hall–Kier alpha value is -3.14. The lowest BCUT2D eigenvalue weighted by molar-refractivity contribution is -0.113. The number of aromatic nitrogens is 3. The first-order chi connectivity index (χ1) is 15.8. The molecular formula is C23H26F2N4O3S. The molecule has 1 unspecified atom stereocenters. The molecule has 1 atom stereocenters. The molecule has 10 heteroatoms. The van der Waals surface area contributed by atoms with Gasteiger partial charge in [0.05, 0.1) is 12.9 Å². The molecule has 0 saturated heterocycles. The number of nitrogens with zero attached hydrogens (tertiary/aromatic N) is 3. The van der Waals surface area contributed by atoms with E-state index in [1.807, 2.05) is 29.7 Å². The summed E-state index contributed by atoms with van der Waals surface area (Å²) in [5, 5.41) is 11.3. The van der Waals surface area contributed by atoms with Crippen molar-refractivity contribution < 1.29 is 23.0 Å². The summed E-state index contributed by atoms with van der Waals surface area (Å²) in [5.74, 6) is -0.110. The molecule has 7 nitrogen and oxygen atoms in total. The fourth-order valence-electron chi connectivity index (χ4n) is 3.10. The second kappa shape index (κ2) is 11.1. The van der Waals surface area contributed by atoms with E-state index in [0.29, 0.717) is 29.0 Å². The average Bonchev–Trinajstić information content (AvgIpc) is 3.17. The molecule has 0 bridgehead atoms. The van der Waals surface area contributed by atoms with E-state index in [4.69, 9.17) is 9.47 Å². The summed E-state index contributed by atoms with van der Waals surface area (Å²) in [6.07, 6.45) is -0.418. The molecule has 2 aromatic carbocycles. The molecule has 1 aromatic heterocycles. The summed E-state index contributed by atoms with van der Waals surface area (Å²) >= 11 is 1.14. The minimum atomic E-state index is -0.831. The molecule has 0 saturated carbocycles. The Kier molecular flexibility index (Phi) is 8.26. The highest BCUT2D eigenvalue weighted by molar-refractivity contribution is 7.99. The van der Waals surface area contributed by atoms with Crippen LogP contribution in [0.3, 0.4) is 0 Å². The number of carbonyl (C=O) groups excluding carboxylic acids is 1. The van der Waals surface area contributed by atoms with Gasteiger partial charge >= 0.3 is 0 Å². The number of hydrogen-bond donors (Lipinski definition) is 1. The predicted octanol–water partition coefficient (Wildman–Crippen LogP) is 5.09. The van der Waals surface area contributed by atoms with Crippen LogP contribution >= 0.6 is 11.8 Å². The maximum atomic E-state index is 13.8. The van der Waals surface area contributed by atoms with Crippen LogP contribution in [0.5, 0.6) is 11.5 Å². The summed E-state index contributed by atoms with van der Waals surface area (Å²) in [4.78, 5) is 12.3. The molecule has 3 rings (SSSR count). The number of halogens is 2. The maximum absolute atomic E-state index is 13.8. The summed E-state index contributed by atoms with van der Waals surface area (Å²) < 4.78 is 40.7. The van der Waals surface area contributed by atoms with Crippen molar-refractivity contribution in [3.8, 4) is 11.5 Å². The lowest BCUT2D eigenvalue weighted by Gasteiger charge is -2.18. The average molecular weight is 477 g/mol. The first-order valence-electron chi connectivity index (χ1n) is 10.4. The molecule has 0 radical (unpaired) electrons. The van der Waals surface area contributed by atoms with Crippen molar-refractivity contribution in [2.45, 2.75) is 38.6 Å². The SMILES string of the molecule is COc1cccc(OC(C)c2nnc(SCC(=O)Nc3c(F)cccc3F)n2CC(C)C)c1. The van der Waals surface area contributed by atoms with Gasteiger partial charge in [-0.05, 0) is 37.1 Å². The summed E-state index contributed by atoms with van der Waals surface area (Å²) in [7, 11) is 1.59. The highest BCUT2D eigenvalue weighted by Crippen LogP contribution is 2.28. The summed E-state index contributed by atoms with van der Waals surface area (Å²) in [6, 6.07) is 10.7. The van der Waals surface area contributed by atoms with Crippen molar-refractivity contribution in [3.63, 3.8) is 0 Å². The van der Waals surface area contributed by atoms with Crippen molar-refractivity contribution in [3.05, 3.63) is 59.9 Å². The predicted molar refractivity (Wildman–Crippen MR) is 123 cm³/mol. The van der Waals surface area contributed by atoms with Crippen LogP contribution in [0.2, 0.25) is 0 Å². The summed E-state index contributed by atoms with van der Waals surface area (Å²) in [6.45, 7) is 6.58. The van der Waals surface area contributed by atoms with E-state index in [1.54, 1.807) is 13.2 Å². The van der Waals surface area contributed by atoms with Gasteiger partial charge in [-0.25, -0.2) is 8.78 Å². The number of ether oxygens (including phenoxy) is 2. The van der Waals surface area contributed by atoms with E-state index in [9.17, 15) is 13.6 Å². The van der Waals surface area contributed by atoms with Gasteiger partial charge in [-0.3, -0.25) is 4.79 Å². The topological polar surface area (TPSA) is 78.3 Å². The number of para-hydroxylation sites is 1. The molecule has 3 aromatic rings. The second-order valence-electron chi connectivity index (χ2n) is 7.72. The zero-order valence-corrected chi connectivity index (χ0v) is 19.7. The monoisotopic (exact) mass is 476 g/mol. The van der Waals surface area contributed by atoms with E-state index in [1.165, 1.54) is 6.07 Å². The Bertz CT molecular complexity index is 1090. The lowest BCUT2D eigenvalue weighted by Crippen LogP contribution is -2.18. The van der Waals surface area contributed by atoms with Crippen molar-refractivity contribution in [2.24, 2.45) is 5.92 Å². The second-order valence-corrected chi connectivity index (χ2v) is 8.66. The van der Waals surface area contributed by atoms with Gasteiger partial charge in [-0.1, -0.05) is 37.7 Å². The van der Waals surface area contributed by atoms with Gasteiger partial charge in [0.25, 0.3) is 0 Å². The third kappa shape index (κ3) is 6.44. The van der Waals surface area contributed by atoms with Gasteiger partial charge in [0, 0.05) is 12.6 Å². The zero-order valence-electron chi connectivity index (χ0n) is 18.8. The summed E-state index contributed by atoms with van der Waals surface area (Å²) in [5.41, 5.74) is -0.465. The van der Waals surface area contributed by atoms with E-state index in [0.717, 1.165) is 23.9 Å². The van der Waals surface area contributed by atoms with Crippen LogP contribution in [-0.4, -0.2) is 33.5 Å². The molecule has 0 aliphatic carbocycles. The number of anilines is 1. The van der Waals surface area contributed by atoms with Crippen LogP contribution in [0.25, 0.3) is 0 Å². The Morgan fingerprint density at radius 3 is 2.42 bits per heavy atom. The number of thioether (sulfide) groups is 1. The van der Waals surface area contributed by atoms with Gasteiger partial charge in [0.1, 0.15) is 28.8 Å². The Balaban J connectivity index is 1.72.